The number of benzene rings is 1. The average molecular weight is 162 g/mol. The third kappa shape index (κ3) is 1.53. The van der Waals surface area contributed by atoms with E-state index in [0.717, 1.165) is 5.56 Å². The quantitative estimate of drug-likeness (QED) is 0.544. The maximum Gasteiger partial charge on any atom is 0.153 e. The standard InChI is InChI=1S/C10H10O2/c1-2-4-8-5-3-6-9(7-11)10(8)12/h2-3,5-7,12H,1,4H2. The molecule has 1 aromatic carbocycles. The Bertz CT molecular complexity index is 303. The first-order valence-electron chi connectivity index (χ1n) is 3.66. The van der Waals surface area contributed by atoms with E-state index in [0.29, 0.717) is 18.3 Å². The summed E-state index contributed by atoms with van der Waals surface area (Å²) in [4.78, 5) is 10.4. The van der Waals surface area contributed by atoms with Crippen molar-refractivity contribution in [1.29, 1.82) is 0 Å². The van der Waals surface area contributed by atoms with Crippen LogP contribution in [0.3, 0.4) is 0 Å². The van der Waals surface area contributed by atoms with Crippen LogP contribution in [0.4, 0.5) is 0 Å². The zero-order valence-corrected chi connectivity index (χ0v) is 6.66. The second kappa shape index (κ2) is 3.72. The third-order valence-electron chi connectivity index (χ3n) is 1.64. The van der Waals surface area contributed by atoms with Crippen LogP contribution in [0.5, 0.6) is 5.75 Å². The van der Waals surface area contributed by atoms with Gasteiger partial charge < -0.3 is 5.11 Å². The lowest BCUT2D eigenvalue weighted by molar-refractivity contribution is 0.112. The van der Waals surface area contributed by atoms with E-state index in [9.17, 15) is 9.90 Å². The van der Waals surface area contributed by atoms with E-state index < -0.39 is 0 Å². The number of phenols is 1. The van der Waals surface area contributed by atoms with Crippen molar-refractivity contribution in [2.24, 2.45) is 0 Å². The predicted octanol–water partition coefficient (Wildman–Crippen LogP) is 1.93. The average Bonchev–Trinajstić information content (AvgIpc) is 2.09. The second-order valence-corrected chi connectivity index (χ2v) is 2.47. The molecular formula is C10H10O2. The number of rotatable bonds is 3. The SMILES string of the molecule is C=CCc1cccc(C=O)c1O. The van der Waals surface area contributed by atoms with Crippen LogP contribution in [-0.2, 0) is 6.42 Å². The van der Waals surface area contributed by atoms with Crippen molar-refractivity contribution in [1.82, 2.24) is 0 Å². The second-order valence-electron chi connectivity index (χ2n) is 2.47. The molecule has 0 bridgehead atoms. The molecule has 0 aromatic heterocycles. The van der Waals surface area contributed by atoms with Gasteiger partial charge in [-0.25, -0.2) is 0 Å². The van der Waals surface area contributed by atoms with Gasteiger partial charge in [0.2, 0.25) is 0 Å². The van der Waals surface area contributed by atoms with Crippen molar-refractivity contribution in [2.75, 3.05) is 0 Å². The van der Waals surface area contributed by atoms with Gasteiger partial charge in [0.25, 0.3) is 0 Å². The fourth-order valence-corrected chi connectivity index (χ4v) is 1.03. The molecule has 0 saturated carbocycles. The minimum Gasteiger partial charge on any atom is -0.507 e. The van der Waals surface area contributed by atoms with Gasteiger partial charge in [-0.05, 0) is 18.1 Å². The molecule has 12 heavy (non-hydrogen) atoms. The molecule has 0 atom stereocenters. The Morgan fingerprint density at radius 2 is 2.25 bits per heavy atom. The molecule has 0 amide bonds. The number of aromatic hydroxyl groups is 1. The molecule has 0 unspecified atom stereocenters. The van der Waals surface area contributed by atoms with E-state index in [2.05, 4.69) is 6.58 Å². The molecule has 2 nitrogen and oxygen atoms in total. The number of allylic oxidation sites excluding steroid dienone is 1. The van der Waals surface area contributed by atoms with E-state index in [-0.39, 0.29) is 5.75 Å². The van der Waals surface area contributed by atoms with Crippen LogP contribution in [0.25, 0.3) is 0 Å². The van der Waals surface area contributed by atoms with E-state index in [1.54, 1.807) is 24.3 Å². The fraction of sp³-hybridized carbons (Fsp3) is 0.100. The number of aldehydes is 1. The summed E-state index contributed by atoms with van der Waals surface area (Å²) in [5, 5.41) is 9.44. The van der Waals surface area contributed by atoms with Gasteiger partial charge in [-0.3, -0.25) is 4.79 Å². The zero-order valence-electron chi connectivity index (χ0n) is 6.66. The number of phenolic OH excluding ortho intramolecular Hbond substituents is 1. The first-order chi connectivity index (χ1) is 5.79. The van der Waals surface area contributed by atoms with Gasteiger partial charge in [-0.2, -0.15) is 0 Å². The zero-order chi connectivity index (χ0) is 8.97. The molecule has 0 aliphatic heterocycles. The molecule has 0 aliphatic rings. The molecule has 62 valence electrons. The van der Waals surface area contributed by atoms with Crippen molar-refractivity contribution in [3.05, 3.63) is 42.0 Å². The molecule has 0 spiro atoms. The van der Waals surface area contributed by atoms with Crippen LogP contribution in [0.1, 0.15) is 15.9 Å². The molecule has 0 aliphatic carbocycles. The number of carbonyl (C=O) groups excluding carboxylic acids is 1. The number of para-hydroxylation sites is 1. The maximum atomic E-state index is 10.4. The number of hydrogen-bond acceptors (Lipinski definition) is 2. The highest BCUT2D eigenvalue weighted by Gasteiger charge is 2.03. The van der Waals surface area contributed by atoms with Crippen molar-refractivity contribution in [3.8, 4) is 5.75 Å². The molecule has 2 heteroatoms. The summed E-state index contributed by atoms with van der Waals surface area (Å²) in [5.41, 5.74) is 1.06. The highest BCUT2D eigenvalue weighted by atomic mass is 16.3. The fourth-order valence-electron chi connectivity index (χ4n) is 1.03. The normalized spacial score (nSPS) is 9.33. The highest BCUT2D eigenvalue weighted by molar-refractivity contribution is 5.79. The van der Waals surface area contributed by atoms with Gasteiger partial charge in [-0.15, -0.1) is 6.58 Å². The molecular weight excluding hydrogens is 152 g/mol. The maximum absolute atomic E-state index is 10.4. The Morgan fingerprint density at radius 3 is 2.83 bits per heavy atom. The Hall–Kier alpha value is -1.57. The van der Waals surface area contributed by atoms with Crippen LogP contribution < -0.4 is 0 Å². The van der Waals surface area contributed by atoms with Crippen molar-refractivity contribution in [3.63, 3.8) is 0 Å². The summed E-state index contributed by atoms with van der Waals surface area (Å²) < 4.78 is 0. The van der Waals surface area contributed by atoms with Gasteiger partial charge in [0.15, 0.2) is 6.29 Å². The summed E-state index contributed by atoms with van der Waals surface area (Å²) in [6, 6.07) is 5.08. The lowest BCUT2D eigenvalue weighted by atomic mass is 10.1. The minimum atomic E-state index is 0.0624. The van der Waals surface area contributed by atoms with Crippen LogP contribution in [0.15, 0.2) is 30.9 Å². The van der Waals surface area contributed by atoms with Crippen LogP contribution in [0, 0.1) is 0 Å². The van der Waals surface area contributed by atoms with Gasteiger partial charge in [-0.1, -0.05) is 18.2 Å². The van der Waals surface area contributed by atoms with Gasteiger partial charge in [0, 0.05) is 0 Å². The molecule has 0 heterocycles. The molecule has 1 rings (SSSR count). The number of hydrogen-bond donors (Lipinski definition) is 1. The smallest absolute Gasteiger partial charge is 0.153 e. The summed E-state index contributed by atoms with van der Waals surface area (Å²) in [5.74, 6) is 0.0624. The Kier molecular flexibility index (Phi) is 2.64. The predicted molar refractivity (Wildman–Crippen MR) is 47.4 cm³/mol. The van der Waals surface area contributed by atoms with Crippen LogP contribution in [0.2, 0.25) is 0 Å². The first-order valence-corrected chi connectivity index (χ1v) is 3.66. The van der Waals surface area contributed by atoms with Gasteiger partial charge in [0.1, 0.15) is 5.75 Å². The summed E-state index contributed by atoms with van der Waals surface area (Å²) in [7, 11) is 0. The first kappa shape index (κ1) is 8.53. The monoisotopic (exact) mass is 162 g/mol. The van der Waals surface area contributed by atoms with E-state index in [1.807, 2.05) is 0 Å². The van der Waals surface area contributed by atoms with E-state index >= 15 is 0 Å². The van der Waals surface area contributed by atoms with E-state index in [1.165, 1.54) is 0 Å². The molecule has 1 aromatic rings. The number of carbonyl (C=O) groups is 1. The van der Waals surface area contributed by atoms with Crippen molar-refractivity contribution < 1.29 is 9.90 Å². The summed E-state index contributed by atoms with van der Waals surface area (Å²) >= 11 is 0. The topological polar surface area (TPSA) is 37.3 Å². The molecule has 0 radical (unpaired) electrons. The third-order valence-corrected chi connectivity index (χ3v) is 1.64. The van der Waals surface area contributed by atoms with Crippen LogP contribution >= 0.6 is 0 Å². The van der Waals surface area contributed by atoms with Crippen molar-refractivity contribution >= 4 is 6.29 Å². The minimum absolute atomic E-state index is 0.0624. The highest BCUT2D eigenvalue weighted by Crippen LogP contribution is 2.21. The van der Waals surface area contributed by atoms with Crippen LogP contribution in [-0.4, -0.2) is 11.4 Å². The van der Waals surface area contributed by atoms with Crippen molar-refractivity contribution in [2.45, 2.75) is 6.42 Å². The van der Waals surface area contributed by atoms with Gasteiger partial charge >= 0.3 is 0 Å². The lowest BCUT2D eigenvalue weighted by Gasteiger charge is -2.02. The summed E-state index contributed by atoms with van der Waals surface area (Å²) in [6.45, 7) is 3.55. The Labute approximate surface area is 71.2 Å². The molecule has 0 fully saturated rings. The Balaban J connectivity index is 3.12. The van der Waals surface area contributed by atoms with E-state index in [4.69, 9.17) is 0 Å². The molecule has 1 N–H and O–H groups in total. The lowest BCUT2D eigenvalue weighted by Crippen LogP contribution is -1.87. The Morgan fingerprint density at radius 1 is 1.50 bits per heavy atom. The largest absolute Gasteiger partial charge is 0.507 e. The van der Waals surface area contributed by atoms with Gasteiger partial charge in [0.05, 0.1) is 5.56 Å². The summed E-state index contributed by atoms with van der Waals surface area (Å²) in [6.07, 6.45) is 2.90. The molecule has 0 saturated heterocycles.